The summed E-state index contributed by atoms with van der Waals surface area (Å²) in [7, 11) is 0. The molecule has 0 bridgehead atoms. The average Bonchev–Trinajstić information content (AvgIpc) is 1.76. The van der Waals surface area contributed by atoms with Crippen molar-refractivity contribution in [2.75, 3.05) is 52.4 Å². The van der Waals surface area contributed by atoms with Gasteiger partial charge in [-0.1, -0.05) is 157 Å². The summed E-state index contributed by atoms with van der Waals surface area (Å²) in [5.74, 6) is 0.871. The molecule has 0 radical (unpaired) electrons. The first kappa shape index (κ1) is 98.9. The Morgan fingerprint density at radius 3 is 0.747 bits per heavy atom. The second kappa shape index (κ2) is 43.7. The van der Waals surface area contributed by atoms with Gasteiger partial charge in [-0.05, 0) is 336 Å². The molecule has 0 saturated carbocycles. The van der Waals surface area contributed by atoms with Crippen LogP contribution in [0.1, 0.15) is 419 Å². The molecule has 95 heavy (non-hydrogen) atoms. The highest BCUT2D eigenvalue weighted by atomic mass is 15.3. The van der Waals surface area contributed by atoms with Gasteiger partial charge in [-0.3, -0.25) is 34.3 Å². The van der Waals surface area contributed by atoms with Crippen LogP contribution in [-0.2, 0) is 0 Å². The van der Waals surface area contributed by atoms with Crippen LogP contribution in [0.4, 0.5) is 0 Å². The van der Waals surface area contributed by atoms with E-state index in [0.29, 0.717) is 60.4 Å². The SMILES string of the molecule is CC.CC.CC(C)(C)C1CCCCN1C(C)(C)C.CC(C)(C)C1CCCN(C(C)(C)C)C1.CC(C)(C)CC1CCCCN1C(C)(C)C.CC(C)(C)[C@@H]1CCCCN1C(C)(C)C.CCC.C[C@@H]1CCCN1C(C)(C)C.C[C@H]1CCCCN1C(C)(C)C.C[C@H]1CCCN1C(C)(C)C. The van der Waals surface area contributed by atoms with Gasteiger partial charge in [-0.15, -0.1) is 0 Å². The van der Waals surface area contributed by atoms with Crippen LogP contribution in [0.5, 0.6) is 0 Å². The topological polar surface area (TPSA) is 22.7 Å². The molecule has 7 aliphatic rings. The van der Waals surface area contributed by atoms with Crippen molar-refractivity contribution < 1.29 is 0 Å². The molecule has 0 aromatic carbocycles. The summed E-state index contributed by atoms with van der Waals surface area (Å²) in [5, 5.41) is 0. The van der Waals surface area contributed by atoms with Crippen molar-refractivity contribution in [3.8, 4) is 0 Å². The van der Waals surface area contributed by atoms with Crippen LogP contribution < -0.4 is 0 Å². The Labute approximate surface area is 605 Å². The fourth-order valence-electron chi connectivity index (χ4n) is 16.3. The Hall–Kier alpha value is -0.280. The molecule has 0 aromatic heterocycles. The van der Waals surface area contributed by atoms with Gasteiger partial charge in [0.05, 0.1) is 0 Å². The van der Waals surface area contributed by atoms with Gasteiger partial charge in [0, 0.05) is 81.6 Å². The summed E-state index contributed by atoms with van der Waals surface area (Å²) in [6.07, 6.45) is 27.7. The normalized spacial score (nSPS) is 25.6. The summed E-state index contributed by atoms with van der Waals surface area (Å²) < 4.78 is 0. The lowest BCUT2D eigenvalue weighted by atomic mass is 9.75. The third-order valence-corrected chi connectivity index (χ3v) is 21.2. The van der Waals surface area contributed by atoms with Crippen molar-refractivity contribution in [2.45, 2.75) is 494 Å². The van der Waals surface area contributed by atoms with Crippen LogP contribution in [0.3, 0.4) is 0 Å². The van der Waals surface area contributed by atoms with E-state index >= 15 is 0 Å². The van der Waals surface area contributed by atoms with Crippen molar-refractivity contribution in [3.63, 3.8) is 0 Å². The van der Waals surface area contributed by atoms with Gasteiger partial charge < -0.3 is 0 Å². The summed E-state index contributed by atoms with van der Waals surface area (Å²) in [6, 6.07) is 4.73. The van der Waals surface area contributed by atoms with E-state index in [1.54, 1.807) is 0 Å². The summed E-state index contributed by atoms with van der Waals surface area (Å²) >= 11 is 0. The summed E-state index contributed by atoms with van der Waals surface area (Å²) in [4.78, 5) is 18.6. The minimum atomic E-state index is 0.332. The zero-order valence-corrected chi connectivity index (χ0v) is 74.5. The predicted octanol–water partition coefficient (Wildman–Crippen LogP) is 25.7. The number of hydrogen-bond donors (Lipinski definition) is 0. The number of likely N-dealkylation sites (tertiary alicyclic amines) is 7. The Balaban J connectivity index is -0.00000103. The van der Waals surface area contributed by atoms with Crippen molar-refractivity contribution in [1.29, 1.82) is 0 Å². The lowest BCUT2D eigenvalue weighted by Gasteiger charge is -2.50. The van der Waals surface area contributed by atoms with Crippen LogP contribution in [-0.4, -0.2) is 162 Å². The fraction of sp³-hybridized carbons (Fsp3) is 1.00. The van der Waals surface area contributed by atoms with Crippen molar-refractivity contribution in [2.24, 2.45) is 27.6 Å². The Bertz CT molecular complexity index is 1720. The van der Waals surface area contributed by atoms with Gasteiger partial charge in [0.25, 0.3) is 0 Å². The highest BCUT2D eigenvalue weighted by Crippen LogP contribution is 2.39. The van der Waals surface area contributed by atoms with Crippen LogP contribution in [0.15, 0.2) is 0 Å². The van der Waals surface area contributed by atoms with Gasteiger partial charge in [0.1, 0.15) is 0 Å². The quantitative estimate of drug-likeness (QED) is 0.258. The maximum absolute atomic E-state index is 2.72. The van der Waals surface area contributed by atoms with E-state index in [2.05, 4.69) is 297 Å². The highest BCUT2D eigenvalue weighted by Gasteiger charge is 2.40. The number of nitrogens with zero attached hydrogens (tertiary/aromatic N) is 7. The maximum atomic E-state index is 2.72. The Kier molecular flexibility index (Phi) is 45.5. The first-order chi connectivity index (χ1) is 42.8. The van der Waals surface area contributed by atoms with E-state index in [-0.39, 0.29) is 0 Å². The summed E-state index contributed by atoms with van der Waals surface area (Å²) in [5.41, 5.74) is 4.29. The molecule has 576 valence electrons. The second-order valence-electron chi connectivity index (χ2n) is 41.7. The molecule has 7 rings (SSSR count). The summed E-state index contributed by atoms with van der Waals surface area (Å²) in [6.45, 7) is 107. The fourth-order valence-corrected chi connectivity index (χ4v) is 16.3. The van der Waals surface area contributed by atoms with Crippen molar-refractivity contribution in [3.05, 3.63) is 0 Å². The van der Waals surface area contributed by atoms with Gasteiger partial charge >= 0.3 is 0 Å². The Morgan fingerprint density at radius 2 is 0.516 bits per heavy atom. The standard InChI is InChI=1S/C14H29N.3C13H27N.C10H21N.2C9H19N.C3H8.2C2H6/c1-13(2,3)11-12-9-7-8-10-15(12)14(4,5)6;1-12(2,3)11-8-7-9-14(10-11)13(4,5)6;2*1-12(2,3)11-9-7-8-10-14(11)13(4,5)6;1-9-7-5-6-8-11(9)10(2,3)4;2*1-8-6-5-7-10(8)9(2,3)4;1-3-2;2*1-2/h12H,7-11H2,1-6H3;3*11H,7-10H2,1-6H3;9H,5-8H2,1-4H3;2*8H,5-7H2,1-4H3;3H2,1-2H3;2*1-2H3/t;;11-;;9-;2*8-;;;/m..0.010.../s1. The van der Waals surface area contributed by atoms with Gasteiger partial charge in [0.15, 0.2) is 0 Å². The molecule has 7 fully saturated rings. The van der Waals surface area contributed by atoms with Crippen LogP contribution >= 0.6 is 0 Å². The first-order valence-corrected chi connectivity index (χ1v) is 41.2. The second-order valence-corrected chi connectivity index (χ2v) is 41.7. The number of piperidine rings is 5. The molecule has 7 saturated heterocycles. The lowest BCUT2D eigenvalue weighted by Crippen LogP contribution is -2.55. The molecule has 0 N–H and O–H groups in total. The largest absolute Gasteiger partial charge is 0.298 e. The van der Waals surface area contributed by atoms with Crippen molar-refractivity contribution >= 4 is 0 Å². The molecule has 7 aliphatic heterocycles. The third-order valence-electron chi connectivity index (χ3n) is 21.2. The van der Waals surface area contributed by atoms with E-state index in [1.165, 1.54) is 181 Å². The highest BCUT2D eigenvalue weighted by molar-refractivity contribution is 4.95. The lowest BCUT2D eigenvalue weighted by molar-refractivity contribution is -0.00416. The van der Waals surface area contributed by atoms with Crippen LogP contribution in [0.25, 0.3) is 0 Å². The first-order valence-electron chi connectivity index (χ1n) is 41.2. The molecule has 0 aromatic rings. The average molecular weight is 1350 g/mol. The van der Waals surface area contributed by atoms with Crippen LogP contribution in [0.2, 0.25) is 0 Å². The monoisotopic (exact) mass is 1340 g/mol. The predicted molar refractivity (Wildman–Crippen MR) is 438 cm³/mol. The smallest absolute Gasteiger partial charge is 0.0149 e. The molecule has 7 heterocycles. The third kappa shape index (κ3) is 41.0. The number of hydrogen-bond acceptors (Lipinski definition) is 7. The molecule has 3 unspecified atom stereocenters. The molecule has 0 aliphatic carbocycles. The van der Waals surface area contributed by atoms with E-state index in [9.17, 15) is 0 Å². The van der Waals surface area contributed by atoms with Crippen LogP contribution in [0, 0.1) is 27.6 Å². The van der Waals surface area contributed by atoms with E-state index in [1.807, 2.05) is 27.7 Å². The molecular formula is C88H189N7. The molecule has 7 atom stereocenters. The minimum Gasteiger partial charge on any atom is -0.298 e. The zero-order valence-electron chi connectivity index (χ0n) is 74.5. The molecular weight excluding hydrogens is 1160 g/mol. The minimum absolute atomic E-state index is 0.332. The van der Waals surface area contributed by atoms with E-state index < -0.39 is 0 Å². The number of rotatable bonds is 1. The maximum Gasteiger partial charge on any atom is 0.0149 e. The van der Waals surface area contributed by atoms with Gasteiger partial charge in [-0.2, -0.15) is 0 Å². The van der Waals surface area contributed by atoms with E-state index in [0.717, 1.165) is 42.2 Å². The molecule has 7 heteroatoms. The van der Waals surface area contributed by atoms with E-state index in [4.69, 9.17) is 0 Å². The molecule has 0 amide bonds. The Morgan fingerprint density at radius 1 is 0.263 bits per heavy atom. The van der Waals surface area contributed by atoms with Crippen molar-refractivity contribution in [1.82, 2.24) is 34.3 Å². The zero-order chi connectivity index (χ0) is 75.4. The van der Waals surface area contributed by atoms with Gasteiger partial charge in [-0.25, -0.2) is 0 Å². The molecule has 7 nitrogen and oxygen atoms in total. The molecule has 0 spiro atoms. The van der Waals surface area contributed by atoms with Gasteiger partial charge in [0.2, 0.25) is 0 Å².